The zero-order valence-corrected chi connectivity index (χ0v) is 13.2. The standard InChI is InChI=1S/C15H22N6/c1-6-16-13-18-14(20-15(19-13)21(4)5)17-12-8-7-10(2)9-11(12)3/h7-9H,6H2,1-5H3,(H2,16,17,18,19,20). The molecule has 6 heteroatoms. The fraction of sp³-hybridized carbons (Fsp3) is 0.400. The van der Waals surface area contributed by atoms with Crippen LogP contribution >= 0.6 is 0 Å². The first-order valence-electron chi connectivity index (χ1n) is 7.01. The third-order valence-electron chi connectivity index (χ3n) is 2.99. The van der Waals surface area contributed by atoms with Gasteiger partial charge in [0.2, 0.25) is 17.8 Å². The molecule has 6 nitrogen and oxygen atoms in total. The summed E-state index contributed by atoms with van der Waals surface area (Å²) in [5.74, 6) is 1.73. The predicted octanol–water partition coefficient (Wildman–Crippen LogP) is 2.73. The molecule has 112 valence electrons. The van der Waals surface area contributed by atoms with E-state index in [1.165, 1.54) is 5.56 Å². The van der Waals surface area contributed by atoms with Crippen LogP contribution in [0.2, 0.25) is 0 Å². The van der Waals surface area contributed by atoms with Gasteiger partial charge in [-0.2, -0.15) is 15.0 Å². The molecule has 0 spiro atoms. The molecule has 0 saturated carbocycles. The highest BCUT2D eigenvalue weighted by molar-refractivity contribution is 5.60. The molecule has 1 heterocycles. The number of rotatable bonds is 5. The summed E-state index contributed by atoms with van der Waals surface area (Å²) < 4.78 is 0. The Hall–Kier alpha value is -2.37. The Kier molecular flexibility index (Phi) is 4.57. The molecule has 0 unspecified atom stereocenters. The minimum Gasteiger partial charge on any atom is -0.354 e. The average Bonchev–Trinajstić information content (AvgIpc) is 2.42. The summed E-state index contributed by atoms with van der Waals surface area (Å²) in [6, 6.07) is 6.23. The lowest BCUT2D eigenvalue weighted by atomic mass is 10.1. The molecule has 2 N–H and O–H groups in total. The van der Waals surface area contributed by atoms with Gasteiger partial charge >= 0.3 is 0 Å². The van der Waals surface area contributed by atoms with Crippen molar-refractivity contribution in [1.82, 2.24) is 15.0 Å². The van der Waals surface area contributed by atoms with Gasteiger partial charge in [-0.05, 0) is 32.4 Å². The van der Waals surface area contributed by atoms with Crippen LogP contribution in [-0.4, -0.2) is 35.6 Å². The first kappa shape index (κ1) is 15.0. The number of anilines is 4. The van der Waals surface area contributed by atoms with E-state index in [4.69, 9.17) is 0 Å². The molecule has 0 atom stereocenters. The average molecular weight is 286 g/mol. The Morgan fingerprint density at radius 2 is 1.76 bits per heavy atom. The van der Waals surface area contributed by atoms with Gasteiger partial charge in [0.15, 0.2) is 0 Å². The zero-order valence-electron chi connectivity index (χ0n) is 13.2. The number of hydrogen-bond donors (Lipinski definition) is 2. The third kappa shape index (κ3) is 3.81. The Morgan fingerprint density at radius 1 is 1.05 bits per heavy atom. The Balaban J connectivity index is 2.33. The topological polar surface area (TPSA) is 66.0 Å². The second kappa shape index (κ2) is 6.39. The van der Waals surface area contributed by atoms with E-state index < -0.39 is 0 Å². The largest absolute Gasteiger partial charge is 0.354 e. The second-order valence-electron chi connectivity index (χ2n) is 5.15. The van der Waals surface area contributed by atoms with Crippen LogP contribution in [0.4, 0.5) is 23.5 Å². The number of benzene rings is 1. The van der Waals surface area contributed by atoms with Gasteiger partial charge in [-0.25, -0.2) is 0 Å². The van der Waals surface area contributed by atoms with Crippen molar-refractivity contribution in [3.8, 4) is 0 Å². The Bertz CT molecular complexity index is 624. The van der Waals surface area contributed by atoms with E-state index in [0.717, 1.165) is 17.8 Å². The van der Waals surface area contributed by atoms with E-state index >= 15 is 0 Å². The highest BCUT2D eigenvalue weighted by atomic mass is 15.3. The van der Waals surface area contributed by atoms with Crippen LogP contribution in [0.15, 0.2) is 18.2 Å². The molecule has 0 amide bonds. The fourth-order valence-electron chi connectivity index (χ4n) is 1.93. The first-order valence-corrected chi connectivity index (χ1v) is 7.01. The third-order valence-corrected chi connectivity index (χ3v) is 2.99. The quantitative estimate of drug-likeness (QED) is 0.881. The number of nitrogens with zero attached hydrogens (tertiary/aromatic N) is 4. The molecule has 0 bridgehead atoms. The van der Waals surface area contributed by atoms with E-state index in [1.807, 2.05) is 32.0 Å². The van der Waals surface area contributed by atoms with Crippen LogP contribution in [0.3, 0.4) is 0 Å². The van der Waals surface area contributed by atoms with Crippen molar-refractivity contribution in [2.75, 3.05) is 36.2 Å². The highest BCUT2D eigenvalue weighted by Crippen LogP contribution is 2.21. The molecule has 0 aliphatic rings. The maximum Gasteiger partial charge on any atom is 0.233 e. The first-order chi connectivity index (χ1) is 9.99. The molecule has 21 heavy (non-hydrogen) atoms. The number of hydrogen-bond acceptors (Lipinski definition) is 6. The summed E-state index contributed by atoms with van der Waals surface area (Å²) in [7, 11) is 3.82. The van der Waals surface area contributed by atoms with Crippen LogP contribution in [-0.2, 0) is 0 Å². The van der Waals surface area contributed by atoms with Gasteiger partial charge < -0.3 is 15.5 Å². The van der Waals surface area contributed by atoms with Crippen LogP contribution in [0.1, 0.15) is 18.1 Å². The van der Waals surface area contributed by atoms with Crippen molar-refractivity contribution in [1.29, 1.82) is 0 Å². The number of aryl methyl sites for hydroxylation is 2. The fourth-order valence-corrected chi connectivity index (χ4v) is 1.93. The van der Waals surface area contributed by atoms with Gasteiger partial charge in [-0.1, -0.05) is 17.7 Å². The molecule has 2 aromatic rings. The van der Waals surface area contributed by atoms with Crippen molar-refractivity contribution >= 4 is 23.5 Å². The van der Waals surface area contributed by atoms with E-state index in [-0.39, 0.29) is 0 Å². The molecule has 0 saturated heterocycles. The lowest BCUT2D eigenvalue weighted by Gasteiger charge is -2.14. The summed E-state index contributed by atoms with van der Waals surface area (Å²) in [6.45, 7) is 6.91. The highest BCUT2D eigenvalue weighted by Gasteiger charge is 2.09. The summed E-state index contributed by atoms with van der Waals surface area (Å²) in [5, 5.41) is 6.39. The Labute approximate surface area is 125 Å². The predicted molar refractivity (Wildman–Crippen MR) is 87.5 cm³/mol. The van der Waals surface area contributed by atoms with Crippen LogP contribution in [0.5, 0.6) is 0 Å². The van der Waals surface area contributed by atoms with Crippen molar-refractivity contribution in [2.45, 2.75) is 20.8 Å². The minimum absolute atomic E-state index is 0.539. The van der Waals surface area contributed by atoms with Gasteiger partial charge in [0.1, 0.15) is 0 Å². The normalized spacial score (nSPS) is 10.3. The van der Waals surface area contributed by atoms with Gasteiger partial charge in [0.25, 0.3) is 0 Å². The van der Waals surface area contributed by atoms with Gasteiger partial charge in [0.05, 0.1) is 0 Å². The Morgan fingerprint density at radius 3 is 2.38 bits per heavy atom. The molecule has 0 aliphatic carbocycles. The van der Waals surface area contributed by atoms with E-state index in [9.17, 15) is 0 Å². The van der Waals surface area contributed by atoms with E-state index in [1.54, 1.807) is 0 Å². The zero-order chi connectivity index (χ0) is 15.4. The molecular weight excluding hydrogens is 264 g/mol. The molecular formula is C15H22N6. The molecule has 2 rings (SSSR count). The maximum atomic E-state index is 4.43. The SMILES string of the molecule is CCNc1nc(Nc2ccc(C)cc2C)nc(N(C)C)n1. The summed E-state index contributed by atoms with van der Waals surface area (Å²) in [6.07, 6.45) is 0. The van der Waals surface area contributed by atoms with Gasteiger partial charge in [-0.3, -0.25) is 0 Å². The number of nitrogens with one attached hydrogen (secondary N) is 2. The molecule has 1 aromatic carbocycles. The molecule has 0 aliphatic heterocycles. The summed E-state index contributed by atoms with van der Waals surface area (Å²) in [4.78, 5) is 15.0. The summed E-state index contributed by atoms with van der Waals surface area (Å²) in [5.41, 5.74) is 3.39. The maximum absolute atomic E-state index is 4.43. The second-order valence-corrected chi connectivity index (χ2v) is 5.15. The lowest BCUT2D eigenvalue weighted by molar-refractivity contribution is 0.953. The van der Waals surface area contributed by atoms with Crippen molar-refractivity contribution in [2.24, 2.45) is 0 Å². The minimum atomic E-state index is 0.539. The van der Waals surface area contributed by atoms with Crippen LogP contribution < -0.4 is 15.5 Å². The molecule has 1 aromatic heterocycles. The van der Waals surface area contributed by atoms with Crippen LogP contribution in [0.25, 0.3) is 0 Å². The number of aromatic nitrogens is 3. The van der Waals surface area contributed by atoms with Crippen LogP contribution in [0, 0.1) is 13.8 Å². The molecule has 0 radical (unpaired) electrons. The van der Waals surface area contributed by atoms with Gasteiger partial charge in [-0.15, -0.1) is 0 Å². The molecule has 0 fully saturated rings. The van der Waals surface area contributed by atoms with Crippen molar-refractivity contribution in [3.63, 3.8) is 0 Å². The van der Waals surface area contributed by atoms with Crippen molar-refractivity contribution < 1.29 is 0 Å². The smallest absolute Gasteiger partial charge is 0.233 e. The summed E-state index contributed by atoms with van der Waals surface area (Å²) >= 11 is 0. The monoisotopic (exact) mass is 286 g/mol. The van der Waals surface area contributed by atoms with Gasteiger partial charge in [0, 0.05) is 26.3 Å². The lowest BCUT2D eigenvalue weighted by Crippen LogP contribution is -2.16. The van der Waals surface area contributed by atoms with E-state index in [2.05, 4.69) is 51.6 Å². The van der Waals surface area contributed by atoms with E-state index in [0.29, 0.717) is 17.8 Å². The van der Waals surface area contributed by atoms with Crippen molar-refractivity contribution in [3.05, 3.63) is 29.3 Å².